The summed E-state index contributed by atoms with van der Waals surface area (Å²) in [5.41, 5.74) is 4.48. The van der Waals surface area contributed by atoms with Gasteiger partial charge in [-0.05, 0) is 51.1 Å². The first-order valence-corrected chi connectivity index (χ1v) is 10.8. The number of benzene rings is 1. The molecule has 0 radical (unpaired) electrons. The predicted molar refractivity (Wildman–Crippen MR) is 121 cm³/mol. The van der Waals surface area contributed by atoms with Crippen LogP contribution in [-0.2, 0) is 17.8 Å². The number of rotatable bonds is 7. The van der Waals surface area contributed by atoms with Gasteiger partial charge in [-0.2, -0.15) is 5.10 Å². The van der Waals surface area contributed by atoms with Crippen molar-refractivity contribution in [3.63, 3.8) is 0 Å². The van der Waals surface area contributed by atoms with Crippen LogP contribution in [0, 0.1) is 20.8 Å². The number of aryl methyl sites for hydroxylation is 3. The largest absolute Gasteiger partial charge is 0.486 e. The number of carbonyl (C=O) groups is 1. The average molecular weight is 434 g/mol. The van der Waals surface area contributed by atoms with Crippen molar-refractivity contribution in [2.24, 2.45) is 0 Å². The Hall–Kier alpha value is -3.52. The number of amides is 1. The molecule has 4 rings (SSSR count). The maximum Gasteiger partial charge on any atom is 0.230 e. The number of thiazole rings is 1. The zero-order valence-corrected chi connectivity index (χ0v) is 18.4. The molecule has 0 fully saturated rings. The Morgan fingerprint density at radius 1 is 1.13 bits per heavy atom. The highest BCUT2D eigenvalue weighted by Gasteiger charge is 2.10. The van der Waals surface area contributed by atoms with Gasteiger partial charge in [0.05, 0.1) is 29.7 Å². The number of hydrogen-bond donors (Lipinski definition) is 1. The van der Waals surface area contributed by atoms with Gasteiger partial charge in [0.1, 0.15) is 17.4 Å². The number of ether oxygens (including phenoxy) is 1. The third kappa shape index (κ3) is 5.35. The molecule has 0 saturated heterocycles. The standard InChI is InChI=1S/C23H23N5O2S/c1-15-4-7-20(8-5-15)30-13-23-26-19(14-31-23)11-22(29)25-18-6-9-21(24-12-18)28-17(3)10-16(2)27-28/h4-10,12,14H,11,13H2,1-3H3,(H,25,29). The first kappa shape index (κ1) is 20.7. The highest BCUT2D eigenvalue weighted by molar-refractivity contribution is 7.09. The normalized spacial score (nSPS) is 10.8. The van der Waals surface area contributed by atoms with E-state index in [1.54, 1.807) is 10.9 Å². The van der Waals surface area contributed by atoms with Crippen LogP contribution in [0.1, 0.15) is 27.7 Å². The molecule has 3 aromatic heterocycles. The van der Waals surface area contributed by atoms with Crippen molar-refractivity contribution in [2.75, 3.05) is 5.32 Å². The number of carbonyl (C=O) groups excluding carboxylic acids is 1. The van der Waals surface area contributed by atoms with Crippen LogP contribution >= 0.6 is 11.3 Å². The molecule has 7 nitrogen and oxygen atoms in total. The van der Waals surface area contributed by atoms with Gasteiger partial charge in [-0.15, -0.1) is 11.3 Å². The zero-order valence-electron chi connectivity index (χ0n) is 17.6. The second-order valence-electron chi connectivity index (χ2n) is 7.30. The highest BCUT2D eigenvalue weighted by atomic mass is 32.1. The molecule has 158 valence electrons. The van der Waals surface area contributed by atoms with Crippen LogP contribution in [0.2, 0.25) is 0 Å². The molecule has 0 atom stereocenters. The van der Waals surface area contributed by atoms with E-state index in [0.717, 1.165) is 27.8 Å². The molecule has 0 spiro atoms. The maximum absolute atomic E-state index is 12.4. The van der Waals surface area contributed by atoms with E-state index in [1.807, 2.05) is 68.6 Å². The number of nitrogens with one attached hydrogen (secondary N) is 1. The molecule has 31 heavy (non-hydrogen) atoms. The smallest absolute Gasteiger partial charge is 0.230 e. The lowest BCUT2D eigenvalue weighted by Crippen LogP contribution is -2.15. The molecular formula is C23H23N5O2S. The maximum atomic E-state index is 12.4. The van der Waals surface area contributed by atoms with E-state index in [-0.39, 0.29) is 12.3 Å². The Morgan fingerprint density at radius 2 is 1.94 bits per heavy atom. The minimum absolute atomic E-state index is 0.142. The van der Waals surface area contributed by atoms with Gasteiger partial charge in [0.25, 0.3) is 0 Å². The van der Waals surface area contributed by atoms with Crippen LogP contribution in [0.15, 0.2) is 54.0 Å². The molecule has 0 aliphatic heterocycles. The summed E-state index contributed by atoms with van der Waals surface area (Å²) in [5, 5.41) is 10.00. The molecular weight excluding hydrogens is 410 g/mol. The van der Waals surface area contributed by atoms with Gasteiger partial charge in [-0.25, -0.2) is 14.6 Å². The van der Waals surface area contributed by atoms with Gasteiger partial charge >= 0.3 is 0 Å². The quantitative estimate of drug-likeness (QED) is 0.467. The second kappa shape index (κ2) is 9.09. The van der Waals surface area contributed by atoms with Crippen LogP contribution in [0.25, 0.3) is 5.82 Å². The van der Waals surface area contributed by atoms with Crippen LogP contribution in [-0.4, -0.2) is 25.7 Å². The minimum atomic E-state index is -0.142. The Balaban J connectivity index is 1.30. The molecule has 0 bridgehead atoms. The van der Waals surface area contributed by atoms with Gasteiger partial charge in [0.15, 0.2) is 5.82 Å². The Kier molecular flexibility index (Phi) is 6.08. The molecule has 1 N–H and O–H groups in total. The summed E-state index contributed by atoms with van der Waals surface area (Å²) >= 11 is 1.48. The number of hydrogen-bond acceptors (Lipinski definition) is 6. The van der Waals surface area contributed by atoms with Crippen molar-refractivity contribution in [2.45, 2.75) is 33.8 Å². The summed E-state index contributed by atoms with van der Waals surface area (Å²) in [4.78, 5) is 21.3. The van der Waals surface area contributed by atoms with E-state index in [0.29, 0.717) is 18.1 Å². The monoisotopic (exact) mass is 433 g/mol. The molecule has 0 saturated carbocycles. The summed E-state index contributed by atoms with van der Waals surface area (Å²) in [6.45, 7) is 6.34. The summed E-state index contributed by atoms with van der Waals surface area (Å²) in [7, 11) is 0. The van der Waals surface area contributed by atoms with Crippen molar-refractivity contribution in [3.05, 3.63) is 81.7 Å². The average Bonchev–Trinajstić information content (AvgIpc) is 3.33. The summed E-state index contributed by atoms with van der Waals surface area (Å²) in [5.74, 6) is 1.37. The topological polar surface area (TPSA) is 81.9 Å². The third-order valence-corrected chi connectivity index (χ3v) is 5.45. The van der Waals surface area contributed by atoms with Crippen LogP contribution in [0.4, 0.5) is 5.69 Å². The van der Waals surface area contributed by atoms with Gasteiger partial charge in [-0.3, -0.25) is 4.79 Å². The molecule has 8 heteroatoms. The van der Waals surface area contributed by atoms with Crippen LogP contribution < -0.4 is 10.1 Å². The lowest BCUT2D eigenvalue weighted by atomic mass is 10.2. The van der Waals surface area contributed by atoms with Crippen molar-refractivity contribution in [1.29, 1.82) is 0 Å². The summed E-state index contributed by atoms with van der Waals surface area (Å²) < 4.78 is 7.52. The number of pyridine rings is 1. The SMILES string of the molecule is Cc1ccc(OCc2nc(CC(=O)Nc3ccc(-n4nc(C)cc4C)nc3)cs2)cc1. The van der Waals surface area contributed by atoms with Gasteiger partial charge in [0.2, 0.25) is 5.91 Å². The third-order valence-electron chi connectivity index (χ3n) is 4.58. The first-order valence-electron chi connectivity index (χ1n) is 9.88. The molecule has 1 aromatic carbocycles. The van der Waals surface area contributed by atoms with Crippen molar-refractivity contribution >= 4 is 22.9 Å². The number of nitrogens with zero attached hydrogens (tertiary/aromatic N) is 4. The molecule has 3 heterocycles. The molecule has 4 aromatic rings. The fraction of sp³-hybridized carbons (Fsp3) is 0.217. The van der Waals surface area contributed by atoms with Crippen LogP contribution in [0.3, 0.4) is 0 Å². The lowest BCUT2D eigenvalue weighted by molar-refractivity contribution is -0.115. The van der Waals surface area contributed by atoms with E-state index >= 15 is 0 Å². The fourth-order valence-corrected chi connectivity index (χ4v) is 3.80. The van der Waals surface area contributed by atoms with Gasteiger partial charge in [-0.1, -0.05) is 17.7 Å². The van der Waals surface area contributed by atoms with Crippen LogP contribution in [0.5, 0.6) is 5.75 Å². The van der Waals surface area contributed by atoms with E-state index in [4.69, 9.17) is 4.74 Å². The van der Waals surface area contributed by atoms with Gasteiger partial charge in [0, 0.05) is 11.1 Å². The lowest BCUT2D eigenvalue weighted by Gasteiger charge is -2.06. The van der Waals surface area contributed by atoms with E-state index in [9.17, 15) is 4.79 Å². The fourth-order valence-electron chi connectivity index (χ4n) is 3.09. The Labute approximate surface area is 184 Å². The zero-order chi connectivity index (χ0) is 21.8. The molecule has 0 aliphatic rings. The highest BCUT2D eigenvalue weighted by Crippen LogP contribution is 2.17. The predicted octanol–water partition coefficient (Wildman–Crippen LogP) is 4.41. The van der Waals surface area contributed by atoms with Crippen molar-refractivity contribution < 1.29 is 9.53 Å². The van der Waals surface area contributed by atoms with E-state index in [1.165, 1.54) is 16.9 Å². The number of anilines is 1. The van der Waals surface area contributed by atoms with E-state index < -0.39 is 0 Å². The Morgan fingerprint density at radius 3 is 2.61 bits per heavy atom. The van der Waals surface area contributed by atoms with Crippen molar-refractivity contribution in [1.82, 2.24) is 19.7 Å². The minimum Gasteiger partial charge on any atom is -0.486 e. The summed E-state index contributed by atoms with van der Waals surface area (Å²) in [6, 6.07) is 13.5. The number of aromatic nitrogens is 4. The molecule has 0 aliphatic carbocycles. The van der Waals surface area contributed by atoms with Crippen molar-refractivity contribution in [3.8, 4) is 11.6 Å². The second-order valence-corrected chi connectivity index (χ2v) is 8.25. The molecule has 1 amide bonds. The Bertz CT molecular complexity index is 1180. The first-order chi connectivity index (χ1) is 15.0. The van der Waals surface area contributed by atoms with E-state index in [2.05, 4.69) is 20.4 Å². The molecule has 0 unspecified atom stereocenters. The summed E-state index contributed by atoms with van der Waals surface area (Å²) in [6.07, 6.45) is 1.83. The van der Waals surface area contributed by atoms with Gasteiger partial charge < -0.3 is 10.1 Å².